The van der Waals surface area contributed by atoms with Gasteiger partial charge in [0, 0.05) is 13.2 Å². The smallest absolute Gasteiger partial charge is 0.199 e. The van der Waals surface area contributed by atoms with Crippen molar-refractivity contribution >= 4 is 15.2 Å². The molecule has 301 valence electrons. The molecular weight excluding hydrogens is 620 g/mol. The molecule has 0 saturated carbocycles. The van der Waals surface area contributed by atoms with E-state index in [2.05, 4.69) is 27.7 Å². The van der Waals surface area contributed by atoms with E-state index < -0.39 is 0 Å². The van der Waals surface area contributed by atoms with Gasteiger partial charge >= 0.3 is 0 Å². The molecule has 0 amide bonds. The fraction of sp³-hybridized carbons (Fsp3) is 1.00. The number of unbranched alkanes of at least 4 members (excludes halogenated alkanes) is 36. The molecule has 0 aliphatic rings. The molecule has 0 unspecified atom stereocenters. The van der Waals surface area contributed by atoms with Crippen LogP contribution in [0, 0.1) is 0 Å². The van der Waals surface area contributed by atoms with Crippen LogP contribution in [0.3, 0.4) is 0 Å². The number of rotatable bonds is 44. The predicted octanol–water partition coefficient (Wildman–Crippen LogP) is 18.2. The predicted molar refractivity (Wildman–Crippen MR) is 234 cm³/mol. The maximum absolute atomic E-state index is 5.78. The van der Waals surface area contributed by atoms with Crippen molar-refractivity contribution in [1.82, 2.24) is 0 Å². The van der Waals surface area contributed by atoms with E-state index in [0.29, 0.717) is 0 Å². The lowest BCUT2D eigenvalue weighted by atomic mass is 10.1. The Bertz CT molecular complexity index is 432. The van der Waals surface area contributed by atoms with Crippen molar-refractivity contribution < 1.29 is 4.74 Å². The monoisotopic (exact) mass is 720 g/mol. The van der Waals surface area contributed by atoms with Gasteiger partial charge in [-0.05, 0) is 12.8 Å². The zero-order valence-corrected chi connectivity index (χ0v) is 37.3. The first-order valence-electron chi connectivity index (χ1n) is 24.2. The molecule has 0 aromatic rings. The molecule has 1 radical (unpaired) electrons. The summed E-state index contributed by atoms with van der Waals surface area (Å²) in [5, 5.41) is 3.15. The highest BCUT2D eigenvalue weighted by atomic mass is 27.1. The third-order valence-corrected chi connectivity index (χ3v) is 12.4. The summed E-state index contributed by atoms with van der Waals surface area (Å²) in [6.07, 6.45) is 57.8. The number of ether oxygens (including phenoxy) is 1. The van der Waals surface area contributed by atoms with E-state index in [-0.39, 0.29) is 0 Å². The van der Waals surface area contributed by atoms with Gasteiger partial charge in [-0.15, -0.1) is 10.6 Å². The Labute approximate surface area is 326 Å². The van der Waals surface area contributed by atoms with E-state index in [9.17, 15) is 0 Å². The van der Waals surface area contributed by atoms with Crippen LogP contribution in [0.1, 0.15) is 285 Å². The fourth-order valence-corrected chi connectivity index (χ4v) is 8.63. The van der Waals surface area contributed by atoms with Crippen LogP contribution in [0.25, 0.3) is 0 Å². The lowest BCUT2D eigenvalue weighted by Crippen LogP contribution is -1.97. The molecular formula is C48H100AlO. The quantitative estimate of drug-likeness (QED) is 0.0450. The van der Waals surface area contributed by atoms with Crippen molar-refractivity contribution in [3.8, 4) is 0 Å². The van der Waals surface area contributed by atoms with Gasteiger partial charge in [-0.25, -0.2) is 0 Å². The van der Waals surface area contributed by atoms with Crippen molar-refractivity contribution in [2.24, 2.45) is 0 Å². The SMILES string of the molecule is CCCCCCCCCCCCOCCCCCCCCCCCC.CCCCCCCCCCC[CH2][Al][CH2]CCCCCCCCCCC. The van der Waals surface area contributed by atoms with Gasteiger partial charge in [0.25, 0.3) is 0 Å². The van der Waals surface area contributed by atoms with Crippen LogP contribution in [-0.4, -0.2) is 28.4 Å². The molecule has 2 heteroatoms. The molecule has 0 heterocycles. The van der Waals surface area contributed by atoms with Gasteiger partial charge < -0.3 is 4.74 Å². The molecule has 0 aromatic carbocycles. The molecule has 0 saturated heterocycles. The van der Waals surface area contributed by atoms with Crippen molar-refractivity contribution in [2.75, 3.05) is 13.2 Å². The Balaban J connectivity index is 0. The Morgan fingerprint density at radius 1 is 0.220 bits per heavy atom. The summed E-state index contributed by atoms with van der Waals surface area (Å²) in [6.45, 7) is 11.2. The molecule has 0 bridgehead atoms. The fourth-order valence-electron chi connectivity index (χ4n) is 7.18. The molecule has 0 N–H and O–H groups in total. The van der Waals surface area contributed by atoms with Crippen LogP contribution in [0.5, 0.6) is 0 Å². The van der Waals surface area contributed by atoms with Crippen LogP contribution >= 0.6 is 0 Å². The van der Waals surface area contributed by atoms with E-state index in [1.807, 2.05) is 0 Å². The van der Waals surface area contributed by atoms with Crippen LogP contribution in [0.4, 0.5) is 0 Å². The molecule has 0 aliphatic carbocycles. The molecule has 0 atom stereocenters. The van der Waals surface area contributed by atoms with Crippen LogP contribution in [-0.2, 0) is 4.74 Å². The van der Waals surface area contributed by atoms with Gasteiger partial charge in [-0.2, -0.15) is 0 Å². The number of hydrogen-bond acceptors (Lipinski definition) is 1. The minimum Gasteiger partial charge on any atom is -0.381 e. The van der Waals surface area contributed by atoms with E-state index in [1.54, 1.807) is 10.6 Å². The molecule has 50 heavy (non-hydrogen) atoms. The molecule has 0 aromatic heterocycles. The Morgan fingerprint density at radius 2 is 0.400 bits per heavy atom. The summed E-state index contributed by atoms with van der Waals surface area (Å²) >= 11 is 0.780. The minimum atomic E-state index is 0.780. The molecule has 0 fully saturated rings. The summed E-state index contributed by atoms with van der Waals surface area (Å²) in [4.78, 5) is 0. The molecule has 1 nitrogen and oxygen atoms in total. The van der Waals surface area contributed by atoms with Gasteiger partial charge in [-0.1, -0.05) is 272 Å². The highest BCUT2D eigenvalue weighted by molar-refractivity contribution is 6.35. The van der Waals surface area contributed by atoms with Crippen molar-refractivity contribution in [3.05, 3.63) is 0 Å². The normalized spacial score (nSPS) is 11.2. The molecule has 0 aliphatic heterocycles. The highest BCUT2D eigenvalue weighted by Crippen LogP contribution is 2.15. The summed E-state index contributed by atoms with van der Waals surface area (Å²) < 4.78 is 5.78. The van der Waals surface area contributed by atoms with E-state index in [1.165, 1.54) is 257 Å². The van der Waals surface area contributed by atoms with E-state index in [4.69, 9.17) is 4.74 Å². The summed E-state index contributed by atoms with van der Waals surface area (Å²) in [6, 6.07) is 0. The largest absolute Gasteiger partial charge is 0.381 e. The first-order valence-corrected chi connectivity index (χ1v) is 25.9. The number of hydrogen-bond donors (Lipinski definition) is 0. The third-order valence-electron chi connectivity index (χ3n) is 10.8. The second kappa shape index (κ2) is 53.8. The maximum atomic E-state index is 5.78. The minimum absolute atomic E-state index is 0.780. The van der Waals surface area contributed by atoms with Crippen LogP contribution in [0.2, 0.25) is 10.6 Å². The van der Waals surface area contributed by atoms with Crippen molar-refractivity contribution in [3.63, 3.8) is 0 Å². The van der Waals surface area contributed by atoms with Gasteiger partial charge in [0.05, 0.1) is 0 Å². The lowest BCUT2D eigenvalue weighted by molar-refractivity contribution is 0.125. The first kappa shape index (κ1) is 52.6. The van der Waals surface area contributed by atoms with Crippen LogP contribution in [0.15, 0.2) is 0 Å². The maximum Gasteiger partial charge on any atom is 0.199 e. The average Bonchev–Trinajstić information content (AvgIpc) is 3.13. The Kier molecular flexibility index (Phi) is 56.6. The Morgan fingerprint density at radius 3 is 0.620 bits per heavy atom. The first-order chi connectivity index (χ1) is 24.8. The van der Waals surface area contributed by atoms with Gasteiger partial charge in [0.2, 0.25) is 0 Å². The summed E-state index contributed by atoms with van der Waals surface area (Å²) in [5.74, 6) is 0. The van der Waals surface area contributed by atoms with Crippen molar-refractivity contribution in [1.29, 1.82) is 0 Å². The summed E-state index contributed by atoms with van der Waals surface area (Å²) in [5.41, 5.74) is 0. The highest BCUT2D eigenvalue weighted by Gasteiger charge is 1.98. The standard InChI is InChI=1S/C24H50O.2C12H25.Al/c1-3-5-7-9-11-13-15-17-19-21-23-25-24-22-20-18-16-14-12-10-8-6-4-2;2*1-3-5-7-9-11-12-10-8-6-4-2;/h3-24H2,1-2H3;2*1,3-12H2,2H3;. The zero-order chi connectivity index (χ0) is 36.5. The topological polar surface area (TPSA) is 9.23 Å². The second-order valence-corrected chi connectivity index (χ2v) is 17.9. The molecule has 0 rings (SSSR count). The lowest BCUT2D eigenvalue weighted by Gasteiger charge is -2.05. The van der Waals surface area contributed by atoms with E-state index >= 15 is 0 Å². The molecule has 0 spiro atoms. The summed E-state index contributed by atoms with van der Waals surface area (Å²) in [7, 11) is 0. The zero-order valence-electron chi connectivity index (χ0n) is 36.1. The van der Waals surface area contributed by atoms with Gasteiger partial charge in [0.1, 0.15) is 0 Å². The van der Waals surface area contributed by atoms with Gasteiger partial charge in [-0.3, -0.25) is 0 Å². The Hall–Kier alpha value is 0.492. The van der Waals surface area contributed by atoms with Crippen molar-refractivity contribution in [2.45, 2.75) is 295 Å². The second-order valence-electron chi connectivity index (χ2n) is 16.2. The average molecular weight is 720 g/mol. The third kappa shape index (κ3) is 55.3. The van der Waals surface area contributed by atoms with Gasteiger partial charge in [0.15, 0.2) is 15.2 Å². The van der Waals surface area contributed by atoms with E-state index in [0.717, 1.165) is 28.4 Å². The van der Waals surface area contributed by atoms with Crippen LogP contribution < -0.4 is 0 Å².